The quantitative estimate of drug-likeness (QED) is 0.651. The van der Waals surface area contributed by atoms with Crippen LogP contribution in [0.15, 0.2) is 27.4 Å². The van der Waals surface area contributed by atoms with Crippen LogP contribution in [0.5, 0.6) is 5.75 Å². The largest absolute Gasteiger partial charge is 0.496 e. The van der Waals surface area contributed by atoms with Gasteiger partial charge in [0, 0.05) is 49.3 Å². The topological polar surface area (TPSA) is 91.8 Å². The number of nitrogens with one attached hydrogen (secondary N) is 1. The number of likely N-dealkylation sites (tertiary alicyclic amines) is 2. The fraction of sp³-hybridized carbons (Fsp3) is 0.500. The lowest BCUT2D eigenvalue weighted by Gasteiger charge is -2.48. The first-order valence-corrected chi connectivity index (χ1v) is 13.1. The second-order valence-electron chi connectivity index (χ2n) is 9.52. The molecule has 0 unspecified atom stereocenters. The van der Waals surface area contributed by atoms with Gasteiger partial charge in [-0.15, -0.1) is 0 Å². The number of carbonyl (C=O) groups excluding carboxylic acids is 3. The Morgan fingerprint density at radius 1 is 1.21 bits per heavy atom. The number of carbonyl (C=O) groups is 3. The van der Waals surface area contributed by atoms with Gasteiger partial charge in [-0.1, -0.05) is 23.1 Å². The number of aromatic nitrogens is 1. The van der Waals surface area contributed by atoms with Crippen molar-refractivity contribution in [3.05, 3.63) is 29.5 Å². The van der Waals surface area contributed by atoms with E-state index >= 15 is 0 Å². The molecule has 0 atom stereocenters. The van der Waals surface area contributed by atoms with Crippen LogP contribution in [-0.4, -0.2) is 65.8 Å². The summed E-state index contributed by atoms with van der Waals surface area (Å²) in [6.45, 7) is 6.41. The molecular weight excluding hydrogens is 472 g/mol. The summed E-state index contributed by atoms with van der Waals surface area (Å²) in [5, 5.41) is 3.49. The zero-order chi connectivity index (χ0) is 24.0. The summed E-state index contributed by atoms with van der Waals surface area (Å²) in [6, 6.07) is 3.79. The predicted octanol–water partition coefficient (Wildman–Crippen LogP) is 3.65. The van der Waals surface area contributed by atoms with Crippen LogP contribution in [0.1, 0.15) is 42.1 Å². The molecule has 3 fully saturated rings. The number of amides is 3. The standard InChI is InChI=1S/C24H28N4O4S2/c1-14-8-18(32-3)17(22(31)28-12-24(13-28)6-7-27(11-24)15(2)29)9-19(14)33-20-10-25-23(34-20)26-21(30)16-4-5-16/h8-10,16H,4-7,11-13H2,1-3H3,(H,25,26,30). The molecule has 3 amide bonds. The monoisotopic (exact) mass is 500 g/mol. The van der Waals surface area contributed by atoms with Crippen molar-refractivity contribution in [2.45, 2.75) is 42.2 Å². The average molecular weight is 501 g/mol. The van der Waals surface area contributed by atoms with Crippen molar-refractivity contribution in [2.75, 3.05) is 38.6 Å². The summed E-state index contributed by atoms with van der Waals surface area (Å²) < 4.78 is 6.49. The lowest BCUT2D eigenvalue weighted by Crippen LogP contribution is -2.59. The van der Waals surface area contributed by atoms with Gasteiger partial charge in [-0.2, -0.15) is 0 Å². The van der Waals surface area contributed by atoms with Crippen molar-refractivity contribution in [1.82, 2.24) is 14.8 Å². The Bertz CT molecular complexity index is 1150. The minimum absolute atomic E-state index is 0.0286. The van der Waals surface area contributed by atoms with Crippen LogP contribution in [0.4, 0.5) is 5.13 Å². The molecule has 10 heteroatoms. The van der Waals surface area contributed by atoms with Gasteiger partial charge in [0.25, 0.3) is 5.91 Å². The van der Waals surface area contributed by atoms with E-state index in [0.717, 1.165) is 47.0 Å². The van der Waals surface area contributed by atoms with Gasteiger partial charge in [-0.05, 0) is 43.9 Å². The van der Waals surface area contributed by atoms with E-state index in [1.54, 1.807) is 20.2 Å². The molecule has 2 aromatic rings. The summed E-state index contributed by atoms with van der Waals surface area (Å²) in [7, 11) is 1.58. The molecule has 1 aromatic heterocycles. The Morgan fingerprint density at radius 3 is 2.59 bits per heavy atom. The number of rotatable bonds is 6. The molecule has 34 heavy (non-hydrogen) atoms. The SMILES string of the molecule is COc1cc(C)c(Sc2cnc(NC(=O)C3CC3)s2)cc1C(=O)N1CC2(CCN(C(C)=O)C2)C1. The first-order chi connectivity index (χ1) is 16.3. The Kier molecular flexibility index (Phi) is 6.05. The number of nitrogens with zero attached hydrogens (tertiary/aromatic N) is 3. The lowest BCUT2D eigenvalue weighted by molar-refractivity contribution is -0.128. The molecule has 1 saturated carbocycles. The molecule has 1 aliphatic carbocycles. The number of hydrogen-bond donors (Lipinski definition) is 1. The second-order valence-corrected chi connectivity index (χ2v) is 11.9. The van der Waals surface area contributed by atoms with E-state index in [0.29, 0.717) is 29.5 Å². The third kappa shape index (κ3) is 4.53. The molecule has 1 N–H and O–H groups in total. The highest BCUT2D eigenvalue weighted by molar-refractivity contribution is 8.01. The number of thiazole rings is 1. The molecule has 1 aromatic carbocycles. The zero-order valence-corrected chi connectivity index (χ0v) is 21.2. The van der Waals surface area contributed by atoms with Crippen molar-refractivity contribution in [2.24, 2.45) is 11.3 Å². The van der Waals surface area contributed by atoms with E-state index in [9.17, 15) is 14.4 Å². The molecule has 3 heterocycles. The number of benzene rings is 1. The number of hydrogen-bond acceptors (Lipinski definition) is 7. The van der Waals surface area contributed by atoms with Crippen LogP contribution < -0.4 is 10.1 Å². The van der Waals surface area contributed by atoms with E-state index in [2.05, 4.69) is 10.3 Å². The Labute approximate surface area is 207 Å². The molecule has 0 bridgehead atoms. The number of anilines is 1. The zero-order valence-electron chi connectivity index (χ0n) is 19.6. The van der Waals surface area contributed by atoms with E-state index in [1.165, 1.54) is 23.1 Å². The summed E-state index contributed by atoms with van der Waals surface area (Å²) in [4.78, 5) is 46.1. The molecular formula is C24H28N4O4S2. The van der Waals surface area contributed by atoms with Gasteiger partial charge in [-0.25, -0.2) is 4.98 Å². The van der Waals surface area contributed by atoms with Gasteiger partial charge in [0.1, 0.15) is 5.75 Å². The number of methoxy groups -OCH3 is 1. The molecule has 5 rings (SSSR count). The van der Waals surface area contributed by atoms with Gasteiger partial charge < -0.3 is 19.9 Å². The molecule has 180 valence electrons. The molecule has 1 spiro atoms. The maximum Gasteiger partial charge on any atom is 0.257 e. The van der Waals surface area contributed by atoms with Gasteiger partial charge in [-0.3, -0.25) is 14.4 Å². The molecule has 3 aliphatic rings. The van der Waals surface area contributed by atoms with Crippen LogP contribution >= 0.6 is 23.1 Å². The van der Waals surface area contributed by atoms with E-state index in [-0.39, 0.29) is 29.1 Å². The number of aryl methyl sites for hydroxylation is 1. The lowest BCUT2D eigenvalue weighted by atomic mass is 9.78. The Hall–Kier alpha value is -2.59. The fourth-order valence-electron chi connectivity index (χ4n) is 4.67. The summed E-state index contributed by atoms with van der Waals surface area (Å²) in [5.41, 5.74) is 1.57. The van der Waals surface area contributed by atoms with Gasteiger partial charge in [0.15, 0.2) is 5.13 Å². The molecule has 8 nitrogen and oxygen atoms in total. The first-order valence-electron chi connectivity index (χ1n) is 11.4. The predicted molar refractivity (Wildman–Crippen MR) is 131 cm³/mol. The fourth-order valence-corrected chi connectivity index (χ4v) is 6.62. The highest BCUT2D eigenvalue weighted by Gasteiger charge is 2.50. The number of ether oxygens (including phenoxy) is 1. The van der Waals surface area contributed by atoms with Crippen LogP contribution in [0.3, 0.4) is 0 Å². The maximum absolute atomic E-state index is 13.4. The third-order valence-electron chi connectivity index (χ3n) is 6.82. The van der Waals surface area contributed by atoms with E-state index < -0.39 is 0 Å². The summed E-state index contributed by atoms with van der Waals surface area (Å²) in [5.74, 6) is 0.786. The van der Waals surface area contributed by atoms with Crippen molar-refractivity contribution < 1.29 is 19.1 Å². The van der Waals surface area contributed by atoms with Gasteiger partial charge in [0.05, 0.1) is 23.1 Å². The Balaban J connectivity index is 1.29. The minimum atomic E-state index is -0.0488. The summed E-state index contributed by atoms with van der Waals surface area (Å²) >= 11 is 2.96. The molecule has 0 radical (unpaired) electrons. The highest BCUT2D eigenvalue weighted by Crippen LogP contribution is 2.43. The highest BCUT2D eigenvalue weighted by atomic mass is 32.2. The van der Waals surface area contributed by atoms with Crippen molar-refractivity contribution >= 4 is 46.0 Å². The van der Waals surface area contributed by atoms with Crippen molar-refractivity contribution in [3.63, 3.8) is 0 Å². The second kappa shape index (κ2) is 8.88. The Morgan fingerprint density at radius 2 is 1.94 bits per heavy atom. The van der Waals surface area contributed by atoms with E-state index in [1.807, 2.05) is 28.9 Å². The van der Waals surface area contributed by atoms with Gasteiger partial charge in [0.2, 0.25) is 11.8 Å². The van der Waals surface area contributed by atoms with E-state index in [4.69, 9.17) is 4.74 Å². The normalized spacial score (nSPS) is 18.7. The summed E-state index contributed by atoms with van der Waals surface area (Å²) in [6.07, 6.45) is 4.60. The smallest absolute Gasteiger partial charge is 0.257 e. The average Bonchev–Trinajstić information content (AvgIpc) is 3.39. The first kappa shape index (κ1) is 23.2. The van der Waals surface area contributed by atoms with Crippen molar-refractivity contribution in [1.29, 1.82) is 0 Å². The minimum Gasteiger partial charge on any atom is -0.496 e. The molecule has 2 saturated heterocycles. The van der Waals surface area contributed by atoms with Crippen LogP contribution in [0.2, 0.25) is 0 Å². The van der Waals surface area contributed by atoms with Crippen LogP contribution in [-0.2, 0) is 9.59 Å². The van der Waals surface area contributed by atoms with Crippen molar-refractivity contribution in [3.8, 4) is 5.75 Å². The van der Waals surface area contributed by atoms with Crippen LogP contribution in [0, 0.1) is 18.3 Å². The third-order valence-corrected chi connectivity index (χ3v) is 9.00. The van der Waals surface area contributed by atoms with Crippen LogP contribution in [0.25, 0.3) is 0 Å². The van der Waals surface area contributed by atoms with Gasteiger partial charge >= 0.3 is 0 Å². The molecule has 2 aliphatic heterocycles. The maximum atomic E-state index is 13.4.